The summed E-state index contributed by atoms with van der Waals surface area (Å²) in [6, 6.07) is 7.19. The van der Waals surface area contributed by atoms with E-state index in [1.807, 2.05) is 19.1 Å². The second-order valence-corrected chi connectivity index (χ2v) is 5.19. The second-order valence-electron chi connectivity index (χ2n) is 4.16. The topological polar surface area (TPSA) is 49.4 Å². The maximum atomic E-state index is 11.6. The highest BCUT2D eigenvalue weighted by molar-refractivity contribution is 8.13. The third-order valence-electron chi connectivity index (χ3n) is 2.22. The summed E-state index contributed by atoms with van der Waals surface area (Å²) in [5, 5.41) is 2.69. The van der Waals surface area contributed by atoms with E-state index in [1.54, 1.807) is 44.4 Å². The van der Waals surface area contributed by atoms with E-state index in [1.165, 1.54) is 11.0 Å². The molecule has 0 radical (unpaired) electrons. The Labute approximate surface area is 123 Å². The lowest BCUT2D eigenvalue weighted by atomic mass is 10.3. The van der Waals surface area contributed by atoms with Crippen LogP contribution in [0, 0.1) is 0 Å². The summed E-state index contributed by atoms with van der Waals surface area (Å²) in [5.74, 6) is -0.204. The number of carbonyl (C=O) groups excluding carboxylic acids is 2. The highest BCUT2D eigenvalue weighted by atomic mass is 32.2. The Morgan fingerprint density at radius 3 is 2.65 bits per heavy atom. The van der Waals surface area contributed by atoms with E-state index >= 15 is 0 Å². The van der Waals surface area contributed by atoms with Gasteiger partial charge in [0.25, 0.3) is 5.24 Å². The molecule has 2 amide bonds. The van der Waals surface area contributed by atoms with E-state index in [4.69, 9.17) is 0 Å². The van der Waals surface area contributed by atoms with Gasteiger partial charge in [-0.15, -0.1) is 0 Å². The lowest BCUT2D eigenvalue weighted by molar-refractivity contribution is -0.111. The van der Waals surface area contributed by atoms with Crippen LogP contribution in [0.1, 0.15) is 6.92 Å². The lowest BCUT2D eigenvalue weighted by Gasteiger charge is -2.10. The van der Waals surface area contributed by atoms with Crippen molar-refractivity contribution in [1.82, 2.24) is 4.90 Å². The number of thioether (sulfide) groups is 1. The van der Waals surface area contributed by atoms with Crippen LogP contribution in [0.5, 0.6) is 0 Å². The van der Waals surface area contributed by atoms with Crippen molar-refractivity contribution in [2.45, 2.75) is 11.8 Å². The summed E-state index contributed by atoms with van der Waals surface area (Å²) in [6.45, 7) is 1.88. The Morgan fingerprint density at radius 2 is 2.00 bits per heavy atom. The molecule has 1 aromatic rings. The van der Waals surface area contributed by atoms with Gasteiger partial charge in [0.2, 0.25) is 5.91 Å². The smallest absolute Gasteiger partial charge is 0.285 e. The molecule has 1 N–H and O–H groups in total. The van der Waals surface area contributed by atoms with Crippen molar-refractivity contribution in [2.24, 2.45) is 0 Å². The molecule has 0 atom stereocenters. The Bertz CT molecular complexity index is 536. The maximum Gasteiger partial charge on any atom is 0.285 e. The number of benzene rings is 1. The molecule has 0 aliphatic carbocycles. The van der Waals surface area contributed by atoms with E-state index in [0.717, 1.165) is 16.7 Å². The molecule has 0 saturated heterocycles. The second kappa shape index (κ2) is 8.22. The summed E-state index contributed by atoms with van der Waals surface area (Å²) >= 11 is 1.12. The van der Waals surface area contributed by atoms with Gasteiger partial charge in [0.15, 0.2) is 0 Å². The van der Waals surface area contributed by atoms with E-state index < -0.39 is 0 Å². The zero-order valence-electron chi connectivity index (χ0n) is 11.8. The van der Waals surface area contributed by atoms with Crippen LogP contribution in [0.3, 0.4) is 0 Å². The zero-order valence-corrected chi connectivity index (χ0v) is 12.6. The Morgan fingerprint density at radius 1 is 1.25 bits per heavy atom. The molecule has 0 bridgehead atoms. The van der Waals surface area contributed by atoms with Crippen LogP contribution in [-0.2, 0) is 4.79 Å². The number of allylic oxidation sites excluding steroid dienone is 3. The van der Waals surface area contributed by atoms with Crippen molar-refractivity contribution in [3.8, 4) is 0 Å². The van der Waals surface area contributed by atoms with E-state index in [2.05, 4.69) is 5.32 Å². The Balaban J connectivity index is 2.68. The molecule has 20 heavy (non-hydrogen) atoms. The molecular weight excluding hydrogens is 272 g/mol. The van der Waals surface area contributed by atoms with Gasteiger partial charge in [0.1, 0.15) is 0 Å². The van der Waals surface area contributed by atoms with Crippen molar-refractivity contribution in [3.63, 3.8) is 0 Å². The van der Waals surface area contributed by atoms with Gasteiger partial charge in [0, 0.05) is 30.8 Å². The number of nitrogens with one attached hydrogen (secondary N) is 1. The van der Waals surface area contributed by atoms with Crippen molar-refractivity contribution in [2.75, 3.05) is 19.4 Å². The van der Waals surface area contributed by atoms with Crippen LogP contribution in [-0.4, -0.2) is 30.1 Å². The van der Waals surface area contributed by atoms with Gasteiger partial charge in [-0.2, -0.15) is 0 Å². The fourth-order valence-corrected chi connectivity index (χ4v) is 1.98. The van der Waals surface area contributed by atoms with Crippen molar-refractivity contribution >= 4 is 28.6 Å². The van der Waals surface area contributed by atoms with Crippen LogP contribution in [0.15, 0.2) is 53.5 Å². The molecule has 0 aliphatic rings. The minimum Gasteiger partial charge on any atom is -0.339 e. The number of carbonyl (C=O) groups is 2. The summed E-state index contributed by atoms with van der Waals surface area (Å²) in [5.41, 5.74) is 0.664. The number of amides is 2. The van der Waals surface area contributed by atoms with Crippen LogP contribution < -0.4 is 5.32 Å². The molecule has 0 fully saturated rings. The fourth-order valence-electron chi connectivity index (χ4n) is 1.27. The third kappa shape index (κ3) is 5.75. The van der Waals surface area contributed by atoms with Crippen LogP contribution >= 0.6 is 11.8 Å². The molecular formula is C15H18N2O2S. The first-order chi connectivity index (χ1) is 9.52. The lowest BCUT2D eigenvalue weighted by Crippen LogP contribution is -2.16. The first kappa shape index (κ1) is 16.0. The van der Waals surface area contributed by atoms with Crippen molar-refractivity contribution in [1.29, 1.82) is 0 Å². The van der Waals surface area contributed by atoms with Gasteiger partial charge < -0.3 is 10.2 Å². The van der Waals surface area contributed by atoms with Gasteiger partial charge in [-0.05, 0) is 36.9 Å². The molecule has 0 saturated carbocycles. The first-order valence-electron chi connectivity index (χ1n) is 6.12. The highest BCUT2D eigenvalue weighted by Gasteiger charge is 2.07. The predicted molar refractivity (Wildman–Crippen MR) is 84.0 cm³/mol. The van der Waals surface area contributed by atoms with Gasteiger partial charge >= 0.3 is 0 Å². The number of hydrogen-bond donors (Lipinski definition) is 1. The van der Waals surface area contributed by atoms with Gasteiger partial charge in [0.05, 0.1) is 0 Å². The Hall–Kier alpha value is -2.01. The van der Waals surface area contributed by atoms with Crippen molar-refractivity contribution in [3.05, 3.63) is 48.6 Å². The molecule has 0 heterocycles. The van der Waals surface area contributed by atoms with Crippen LogP contribution in [0.4, 0.5) is 10.5 Å². The monoisotopic (exact) mass is 290 g/mol. The van der Waals surface area contributed by atoms with E-state index in [9.17, 15) is 9.59 Å². The Kier molecular flexibility index (Phi) is 6.59. The van der Waals surface area contributed by atoms with Gasteiger partial charge in [-0.3, -0.25) is 9.59 Å². The quantitative estimate of drug-likeness (QED) is 0.524. The number of nitrogens with zero attached hydrogens (tertiary/aromatic N) is 1. The largest absolute Gasteiger partial charge is 0.339 e. The molecule has 106 valence electrons. The number of anilines is 1. The molecule has 5 heteroatoms. The summed E-state index contributed by atoms with van der Waals surface area (Å²) in [7, 11) is 3.40. The predicted octanol–water partition coefficient (Wildman–Crippen LogP) is 3.53. The molecule has 1 rings (SSSR count). The molecule has 1 aromatic carbocycles. The maximum absolute atomic E-state index is 11.6. The van der Waals surface area contributed by atoms with E-state index in [-0.39, 0.29) is 11.1 Å². The van der Waals surface area contributed by atoms with Crippen LogP contribution in [0.2, 0.25) is 0 Å². The average Bonchev–Trinajstić information content (AvgIpc) is 2.39. The molecule has 0 spiro atoms. The van der Waals surface area contributed by atoms with Crippen LogP contribution in [0.25, 0.3) is 0 Å². The van der Waals surface area contributed by atoms with Gasteiger partial charge in [-0.25, -0.2) is 0 Å². The minimum atomic E-state index is -0.204. The first-order valence-corrected chi connectivity index (χ1v) is 6.94. The fraction of sp³-hybridized carbons (Fsp3) is 0.200. The SMILES string of the molecule is C/C=C/C=C/C(=O)Nc1cccc(SC(=O)N(C)C)c1. The average molecular weight is 290 g/mol. The normalized spacial score (nSPS) is 10.9. The third-order valence-corrected chi connectivity index (χ3v) is 3.25. The standard InChI is InChI=1S/C15H18N2O2S/c1-4-5-6-10-14(18)16-12-8-7-9-13(11-12)20-15(19)17(2)3/h4-11H,1-3H3,(H,16,18)/b5-4+,10-6+. The van der Waals surface area contributed by atoms with Gasteiger partial charge in [-0.1, -0.05) is 24.3 Å². The summed E-state index contributed by atoms with van der Waals surface area (Å²) in [4.78, 5) is 25.5. The minimum absolute atomic E-state index is 0.0542. The molecule has 0 unspecified atom stereocenters. The molecule has 0 aliphatic heterocycles. The highest BCUT2D eigenvalue weighted by Crippen LogP contribution is 2.23. The number of rotatable bonds is 4. The van der Waals surface area contributed by atoms with Crippen molar-refractivity contribution < 1.29 is 9.59 Å². The number of hydrogen-bond acceptors (Lipinski definition) is 3. The van der Waals surface area contributed by atoms with E-state index in [0.29, 0.717) is 5.69 Å². The molecule has 0 aromatic heterocycles. The summed E-state index contributed by atoms with van der Waals surface area (Å²) < 4.78 is 0. The molecule has 4 nitrogen and oxygen atoms in total. The summed E-state index contributed by atoms with van der Waals surface area (Å²) in [6.07, 6.45) is 6.74. The zero-order chi connectivity index (χ0) is 15.0.